The lowest BCUT2D eigenvalue weighted by Crippen LogP contribution is -2.33. The minimum absolute atomic E-state index is 0.0437. The maximum atomic E-state index is 13.5. The van der Waals surface area contributed by atoms with Crippen molar-refractivity contribution in [3.8, 4) is 0 Å². The van der Waals surface area contributed by atoms with E-state index in [9.17, 15) is 14.0 Å². The summed E-state index contributed by atoms with van der Waals surface area (Å²) in [5, 5.41) is 0. The minimum Gasteiger partial charge on any atom is -0.385 e. The monoisotopic (exact) mass is 263 g/mol. The van der Waals surface area contributed by atoms with Crippen LogP contribution in [0.2, 0.25) is 0 Å². The summed E-state index contributed by atoms with van der Waals surface area (Å²) in [6.45, 7) is 3.37. The number of hydrogen-bond donors (Lipinski definition) is 2. The number of H-pyrrole nitrogens is 1. The van der Waals surface area contributed by atoms with Gasteiger partial charge in [0.2, 0.25) is 0 Å². The van der Waals surface area contributed by atoms with Crippen LogP contribution in [0.4, 0.5) is 10.2 Å². The van der Waals surface area contributed by atoms with E-state index in [0.29, 0.717) is 11.1 Å². The van der Waals surface area contributed by atoms with Crippen molar-refractivity contribution < 1.29 is 4.39 Å². The van der Waals surface area contributed by atoms with Crippen molar-refractivity contribution in [3.63, 3.8) is 0 Å². The van der Waals surface area contributed by atoms with Crippen LogP contribution in [0.1, 0.15) is 24.1 Å². The van der Waals surface area contributed by atoms with Gasteiger partial charge in [-0.3, -0.25) is 14.3 Å². The summed E-state index contributed by atoms with van der Waals surface area (Å²) in [5.41, 5.74) is 5.64. The van der Waals surface area contributed by atoms with E-state index >= 15 is 0 Å². The fraction of sp³-hybridized carbons (Fsp3) is 0.231. The molecule has 1 unspecified atom stereocenters. The Kier molecular flexibility index (Phi) is 3.25. The van der Waals surface area contributed by atoms with Gasteiger partial charge in [-0.1, -0.05) is 12.1 Å². The number of halogens is 1. The van der Waals surface area contributed by atoms with Crippen molar-refractivity contribution in [3.05, 3.63) is 62.0 Å². The first-order valence-electron chi connectivity index (χ1n) is 5.77. The van der Waals surface area contributed by atoms with Gasteiger partial charge in [-0.15, -0.1) is 0 Å². The number of nitrogens with zero attached hydrogens (tertiary/aromatic N) is 1. The molecule has 0 fully saturated rings. The third-order valence-corrected chi connectivity index (χ3v) is 3.07. The molecule has 3 N–H and O–H groups in total. The van der Waals surface area contributed by atoms with Crippen molar-refractivity contribution in [2.75, 3.05) is 5.73 Å². The van der Waals surface area contributed by atoms with Crippen LogP contribution in [0.25, 0.3) is 0 Å². The number of benzene rings is 1. The molecule has 2 aromatic rings. The van der Waals surface area contributed by atoms with E-state index in [4.69, 9.17) is 5.73 Å². The summed E-state index contributed by atoms with van der Waals surface area (Å²) in [5.74, 6) is -0.303. The number of rotatable bonds is 2. The first-order valence-corrected chi connectivity index (χ1v) is 5.77. The van der Waals surface area contributed by atoms with Gasteiger partial charge in [0, 0.05) is 6.07 Å². The maximum absolute atomic E-state index is 13.5. The predicted octanol–water partition coefficient (Wildman–Crippen LogP) is 1.18. The van der Waals surface area contributed by atoms with Gasteiger partial charge in [-0.2, -0.15) is 0 Å². The second kappa shape index (κ2) is 4.72. The lowest BCUT2D eigenvalue weighted by atomic mass is 10.1. The summed E-state index contributed by atoms with van der Waals surface area (Å²) in [6.07, 6.45) is 0. The zero-order chi connectivity index (χ0) is 14.2. The van der Waals surface area contributed by atoms with Crippen LogP contribution in [0, 0.1) is 12.7 Å². The van der Waals surface area contributed by atoms with Crippen LogP contribution < -0.4 is 17.0 Å². The molecule has 0 saturated heterocycles. The molecular weight excluding hydrogens is 249 g/mol. The number of aryl methyl sites for hydroxylation is 1. The maximum Gasteiger partial charge on any atom is 0.330 e. The molecule has 0 bridgehead atoms. The molecule has 1 heterocycles. The zero-order valence-electron chi connectivity index (χ0n) is 10.6. The number of aromatic nitrogens is 2. The molecule has 5 nitrogen and oxygen atoms in total. The molecule has 0 aliphatic rings. The molecule has 1 aromatic carbocycles. The van der Waals surface area contributed by atoms with Gasteiger partial charge < -0.3 is 5.73 Å². The smallest absolute Gasteiger partial charge is 0.330 e. The number of nitrogens with two attached hydrogens (primary N) is 1. The quantitative estimate of drug-likeness (QED) is 0.853. The molecule has 1 aromatic heterocycles. The van der Waals surface area contributed by atoms with E-state index in [1.54, 1.807) is 26.0 Å². The number of anilines is 1. The molecule has 6 heteroatoms. The largest absolute Gasteiger partial charge is 0.385 e. The molecule has 0 spiro atoms. The SMILES string of the molecule is Cc1ccc(C(C)n2c(N)cc(=O)[nH]c2=O)cc1F. The molecule has 19 heavy (non-hydrogen) atoms. The number of nitrogen functional groups attached to an aromatic ring is 1. The Morgan fingerprint density at radius 3 is 2.58 bits per heavy atom. The average molecular weight is 263 g/mol. The third-order valence-electron chi connectivity index (χ3n) is 3.07. The molecule has 100 valence electrons. The van der Waals surface area contributed by atoms with Gasteiger partial charge in [-0.25, -0.2) is 9.18 Å². The van der Waals surface area contributed by atoms with E-state index in [1.165, 1.54) is 10.6 Å². The molecule has 0 amide bonds. The molecule has 0 aliphatic carbocycles. The molecule has 0 saturated carbocycles. The molecule has 1 atom stereocenters. The number of nitrogens with one attached hydrogen (secondary N) is 1. The van der Waals surface area contributed by atoms with Gasteiger partial charge in [-0.05, 0) is 31.0 Å². The minimum atomic E-state index is -0.613. The Balaban J connectivity index is 2.56. The van der Waals surface area contributed by atoms with Crippen molar-refractivity contribution in [1.29, 1.82) is 0 Å². The van der Waals surface area contributed by atoms with E-state index in [2.05, 4.69) is 4.98 Å². The predicted molar refractivity (Wildman–Crippen MR) is 70.7 cm³/mol. The molecule has 0 aliphatic heterocycles. The highest BCUT2D eigenvalue weighted by atomic mass is 19.1. The van der Waals surface area contributed by atoms with Gasteiger partial charge in [0.25, 0.3) is 5.56 Å². The van der Waals surface area contributed by atoms with Crippen LogP contribution in [0.3, 0.4) is 0 Å². The Morgan fingerprint density at radius 2 is 2.00 bits per heavy atom. The second-order valence-electron chi connectivity index (χ2n) is 4.42. The van der Waals surface area contributed by atoms with Crippen LogP contribution in [-0.2, 0) is 0 Å². The van der Waals surface area contributed by atoms with E-state index in [1.807, 2.05) is 0 Å². The molecule has 0 radical (unpaired) electrons. The highest BCUT2D eigenvalue weighted by Gasteiger charge is 2.14. The van der Waals surface area contributed by atoms with Crippen molar-refractivity contribution in [2.24, 2.45) is 0 Å². The molecular formula is C13H14FN3O2. The number of hydrogen-bond acceptors (Lipinski definition) is 3. The second-order valence-corrected chi connectivity index (χ2v) is 4.42. The van der Waals surface area contributed by atoms with E-state index < -0.39 is 17.3 Å². The fourth-order valence-corrected chi connectivity index (χ4v) is 1.94. The summed E-state index contributed by atoms with van der Waals surface area (Å²) in [7, 11) is 0. The van der Waals surface area contributed by atoms with Gasteiger partial charge >= 0.3 is 5.69 Å². The number of aromatic amines is 1. The van der Waals surface area contributed by atoms with Gasteiger partial charge in [0.05, 0.1) is 6.04 Å². The Bertz CT molecular complexity index is 733. The summed E-state index contributed by atoms with van der Waals surface area (Å²) in [4.78, 5) is 25.0. The highest BCUT2D eigenvalue weighted by molar-refractivity contribution is 5.32. The average Bonchev–Trinajstić information content (AvgIpc) is 2.31. The third kappa shape index (κ3) is 2.42. The van der Waals surface area contributed by atoms with E-state index in [-0.39, 0.29) is 11.6 Å². The van der Waals surface area contributed by atoms with Gasteiger partial charge in [0.15, 0.2) is 0 Å². The van der Waals surface area contributed by atoms with Gasteiger partial charge in [0.1, 0.15) is 11.6 Å². The summed E-state index contributed by atoms with van der Waals surface area (Å²) < 4.78 is 14.8. The Hall–Kier alpha value is -2.37. The topological polar surface area (TPSA) is 80.9 Å². The molecule has 2 rings (SSSR count). The zero-order valence-corrected chi connectivity index (χ0v) is 10.6. The fourth-order valence-electron chi connectivity index (χ4n) is 1.94. The Labute approximate surface area is 108 Å². The van der Waals surface area contributed by atoms with Crippen molar-refractivity contribution >= 4 is 5.82 Å². The summed E-state index contributed by atoms with van der Waals surface area (Å²) >= 11 is 0. The lowest BCUT2D eigenvalue weighted by Gasteiger charge is -2.17. The Morgan fingerprint density at radius 1 is 1.32 bits per heavy atom. The highest BCUT2D eigenvalue weighted by Crippen LogP contribution is 2.20. The first kappa shape index (κ1) is 13.1. The van der Waals surface area contributed by atoms with Crippen LogP contribution in [-0.4, -0.2) is 9.55 Å². The van der Waals surface area contributed by atoms with Crippen molar-refractivity contribution in [1.82, 2.24) is 9.55 Å². The van der Waals surface area contributed by atoms with Crippen LogP contribution in [0.5, 0.6) is 0 Å². The lowest BCUT2D eigenvalue weighted by molar-refractivity contribution is 0.583. The van der Waals surface area contributed by atoms with Crippen LogP contribution >= 0.6 is 0 Å². The standard InChI is InChI=1S/C13H14FN3O2/c1-7-3-4-9(5-10(7)14)8(2)17-11(15)6-12(18)16-13(17)19/h3-6,8H,15H2,1-2H3,(H,16,18,19). The van der Waals surface area contributed by atoms with Crippen LogP contribution in [0.15, 0.2) is 33.9 Å². The normalized spacial score (nSPS) is 12.4. The van der Waals surface area contributed by atoms with Crippen molar-refractivity contribution in [2.45, 2.75) is 19.9 Å². The van der Waals surface area contributed by atoms with E-state index in [0.717, 1.165) is 6.07 Å². The summed E-state index contributed by atoms with van der Waals surface area (Å²) in [6, 6.07) is 5.37. The first-order chi connectivity index (χ1) is 8.90.